The number of anilines is 1. The lowest BCUT2D eigenvalue weighted by molar-refractivity contribution is -0.123. The smallest absolute Gasteiger partial charge is 0.238 e. The van der Waals surface area contributed by atoms with Gasteiger partial charge in [-0.3, -0.25) is 19.4 Å². The van der Waals surface area contributed by atoms with Crippen molar-refractivity contribution in [3.63, 3.8) is 0 Å². The highest BCUT2D eigenvalue weighted by Gasteiger charge is 2.20. The summed E-state index contributed by atoms with van der Waals surface area (Å²) in [5, 5.41) is 7.77. The molecule has 1 fully saturated rings. The molecule has 2 aromatic rings. The minimum Gasteiger partial charge on any atom is -0.355 e. The van der Waals surface area contributed by atoms with Gasteiger partial charge in [0.2, 0.25) is 11.8 Å². The van der Waals surface area contributed by atoms with Crippen molar-refractivity contribution in [3.8, 4) is 0 Å². The summed E-state index contributed by atoms with van der Waals surface area (Å²) in [5.74, 6) is -0.407. The van der Waals surface area contributed by atoms with E-state index in [1.54, 1.807) is 23.5 Å². The highest BCUT2D eigenvalue weighted by Crippen LogP contribution is 2.09. The van der Waals surface area contributed by atoms with E-state index >= 15 is 0 Å². The van der Waals surface area contributed by atoms with Gasteiger partial charge in [-0.2, -0.15) is 0 Å². The Bertz CT molecular complexity index is 759. The third-order valence-corrected chi connectivity index (χ3v) is 5.54. The van der Waals surface area contributed by atoms with Crippen molar-refractivity contribution in [1.29, 1.82) is 0 Å². The summed E-state index contributed by atoms with van der Waals surface area (Å²) in [6.07, 6.45) is 0.861. The second-order valence-electron chi connectivity index (χ2n) is 6.79. The minimum atomic E-state index is -0.329. The topological polar surface area (TPSA) is 64.7 Å². The third kappa shape index (κ3) is 6.70. The van der Waals surface area contributed by atoms with Crippen molar-refractivity contribution in [3.05, 3.63) is 52.5 Å². The summed E-state index contributed by atoms with van der Waals surface area (Å²) < 4.78 is 12.9. The zero-order valence-electron chi connectivity index (χ0n) is 15.7. The van der Waals surface area contributed by atoms with Crippen LogP contribution in [0.2, 0.25) is 0 Å². The van der Waals surface area contributed by atoms with Crippen molar-refractivity contribution >= 4 is 28.8 Å². The molecular weight excluding hydrogens is 379 g/mol. The van der Waals surface area contributed by atoms with Crippen LogP contribution in [0.1, 0.15) is 4.88 Å². The molecule has 1 aliphatic heterocycles. The first-order valence-corrected chi connectivity index (χ1v) is 10.3. The van der Waals surface area contributed by atoms with Gasteiger partial charge in [0, 0.05) is 43.3 Å². The molecule has 2 N–H and O–H groups in total. The largest absolute Gasteiger partial charge is 0.355 e. The monoisotopic (exact) mass is 404 g/mol. The van der Waals surface area contributed by atoms with Crippen LogP contribution in [0.3, 0.4) is 0 Å². The number of piperazine rings is 1. The van der Waals surface area contributed by atoms with Gasteiger partial charge < -0.3 is 10.6 Å². The van der Waals surface area contributed by atoms with Gasteiger partial charge in [-0.05, 0) is 42.1 Å². The first-order chi connectivity index (χ1) is 13.6. The predicted molar refractivity (Wildman–Crippen MR) is 109 cm³/mol. The zero-order valence-corrected chi connectivity index (χ0v) is 16.5. The lowest BCUT2D eigenvalue weighted by Gasteiger charge is -2.33. The lowest BCUT2D eigenvalue weighted by Crippen LogP contribution is -2.51. The minimum absolute atomic E-state index is 0.0408. The summed E-state index contributed by atoms with van der Waals surface area (Å²) in [5.41, 5.74) is 0.587. The van der Waals surface area contributed by atoms with E-state index in [2.05, 4.69) is 26.5 Å². The maximum atomic E-state index is 12.9. The van der Waals surface area contributed by atoms with Crippen molar-refractivity contribution in [2.75, 3.05) is 51.1 Å². The van der Waals surface area contributed by atoms with Crippen LogP contribution in [-0.2, 0) is 16.0 Å². The number of benzene rings is 1. The normalized spacial score (nSPS) is 15.3. The van der Waals surface area contributed by atoms with E-state index in [-0.39, 0.29) is 24.2 Å². The second-order valence-corrected chi connectivity index (χ2v) is 7.82. The van der Waals surface area contributed by atoms with Crippen LogP contribution in [0.15, 0.2) is 41.8 Å². The first-order valence-electron chi connectivity index (χ1n) is 9.38. The van der Waals surface area contributed by atoms with Gasteiger partial charge in [-0.15, -0.1) is 11.3 Å². The van der Waals surface area contributed by atoms with Gasteiger partial charge >= 0.3 is 0 Å². The fourth-order valence-electron chi connectivity index (χ4n) is 3.08. The fourth-order valence-corrected chi connectivity index (χ4v) is 3.79. The molecule has 0 radical (unpaired) electrons. The van der Waals surface area contributed by atoms with Gasteiger partial charge in [-0.1, -0.05) is 6.07 Å². The van der Waals surface area contributed by atoms with Crippen molar-refractivity contribution in [2.45, 2.75) is 6.42 Å². The average molecular weight is 405 g/mol. The second kappa shape index (κ2) is 10.3. The Kier molecular flexibility index (Phi) is 7.53. The quantitative estimate of drug-likeness (QED) is 0.704. The number of halogens is 1. The number of carbonyl (C=O) groups is 2. The number of hydrogen-bond acceptors (Lipinski definition) is 5. The molecule has 6 nitrogen and oxygen atoms in total. The zero-order chi connectivity index (χ0) is 19.8. The average Bonchev–Trinajstić information content (AvgIpc) is 3.19. The van der Waals surface area contributed by atoms with Crippen LogP contribution in [0, 0.1) is 5.82 Å². The maximum absolute atomic E-state index is 12.9. The lowest BCUT2D eigenvalue weighted by atomic mass is 10.3. The molecule has 150 valence electrons. The number of thiophene rings is 1. The van der Waals surface area contributed by atoms with E-state index in [9.17, 15) is 14.0 Å². The number of hydrogen-bond donors (Lipinski definition) is 2. The van der Waals surface area contributed by atoms with Gasteiger partial charge in [-0.25, -0.2) is 4.39 Å². The molecule has 3 rings (SSSR count). The van der Waals surface area contributed by atoms with Crippen molar-refractivity contribution in [2.24, 2.45) is 0 Å². The van der Waals surface area contributed by atoms with Crippen LogP contribution >= 0.6 is 11.3 Å². The van der Waals surface area contributed by atoms with Gasteiger partial charge in [0.1, 0.15) is 5.82 Å². The van der Waals surface area contributed by atoms with Crippen LogP contribution in [0.4, 0.5) is 10.1 Å². The standard InChI is InChI=1S/C20H25FN4O2S/c21-16-3-5-17(6-4-16)23-20(27)15-25-11-9-24(10-12-25)14-19(26)22-8-7-18-2-1-13-28-18/h1-6,13H,7-12,14-15H2,(H,22,26)(H,23,27). The molecule has 0 aliphatic carbocycles. The number of amides is 2. The molecule has 0 spiro atoms. The number of nitrogens with one attached hydrogen (secondary N) is 2. The van der Waals surface area contributed by atoms with E-state index in [1.165, 1.54) is 17.0 Å². The van der Waals surface area contributed by atoms with Gasteiger partial charge in [0.05, 0.1) is 13.1 Å². The molecule has 0 bridgehead atoms. The van der Waals surface area contributed by atoms with Gasteiger partial charge in [0.15, 0.2) is 0 Å². The van der Waals surface area contributed by atoms with E-state index in [1.807, 2.05) is 11.4 Å². The molecule has 1 aliphatic rings. The van der Waals surface area contributed by atoms with E-state index in [4.69, 9.17) is 0 Å². The summed E-state index contributed by atoms with van der Waals surface area (Å²) in [6, 6.07) is 9.81. The maximum Gasteiger partial charge on any atom is 0.238 e. The highest BCUT2D eigenvalue weighted by molar-refractivity contribution is 7.09. The number of rotatable bonds is 8. The molecular formula is C20H25FN4O2S. The van der Waals surface area contributed by atoms with Gasteiger partial charge in [0.25, 0.3) is 0 Å². The summed E-state index contributed by atoms with van der Waals surface area (Å²) in [7, 11) is 0. The summed E-state index contributed by atoms with van der Waals surface area (Å²) >= 11 is 1.70. The number of carbonyl (C=O) groups excluding carboxylic acids is 2. The predicted octanol–water partition coefficient (Wildman–Crippen LogP) is 1.80. The molecule has 8 heteroatoms. The number of nitrogens with zero attached hydrogens (tertiary/aromatic N) is 2. The Hall–Kier alpha value is -2.29. The van der Waals surface area contributed by atoms with Crippen LogP contribution < -0.4 is 10.6 Å². The molecule has 2 amide bonds. The summed E-state index contributed by atoms with van der Waals surface area (Å²) in [6.45, 7) is 4.31. The first kappa shape index (κ1) is 20.4. The van der Waals surface area contributed by atoms with Crippen LogP contribution in [-0.4, -0.2) is 67.4 Å². The van der Waals surface area contributed by atoms with Crippen molar-refractivity contribution < 1.29 is 14.0 Å². The van der Waals surface area contributed by atoms with E-state index < -0.39 is 0 Å². The molecule has 0 atom stereocenters. The molecule has 0 saturated carbocycles. The van der Waals surface area contributed by atoms with E-state index in [0.717, 1.165) is 32.6 Å². The molecule has 1 aromatic carbocycles. The van der Waals surface area contributed by atoms with Crippen LogP contribution in [0.25, 0.3) is 0 Å². The Morgan fingerprint density at radius 3 is 2.21 bits per heavy atom. The molecule has 1 saturated heterocycles. The Morgan fingerprint density at radius 2 is 1.61 bits per heavy atom. The van der Waals surface area contributed by atoms with Crippen molar-refractivity contribution in [1.82, 2.24) is 15.1 Å². The molecule has 1 aromatic heterocycles. The molecule has 2 heterocycles. The van der Waals surface area contributed by atoms with Crippen LogP contribution in [0.5, 0.6) is 0 Å². The highest BCUT2D eigenvalue weighted by atomic mass is 32.1. The van der Waals surface area contributed by atoms with E-state index in [0.29, 0.717) is 18.8 Å². The summed E-state index contributed by atoms with van der Waals surface area (Å²) in [4.78, 5) is 29.6. The Labute approximate surface area is 168 Å². The third-order valence-electron chi connectivity index (χ3n) is 4.60. The Morgan fingerprint density at radius 1 is 0.964 bits per heavy atom. The SMILES string of the molecule is O=C(CN1CCN(CC(=O)Nc2ccc(F)cc2)CC1)NCCc1cccs1. The fraction of sp³-hybridized carbons (Fsp3) is 0.400. The molecule has 0 unspecified atom stereocenters. The molecule has 28 heavy (non-hydrogen) atoms. The Balaban J connectivity index is 1.30.